The molecule has 0 saturated carbocycles. The van der Waals surface area contributed by atoms with Crippen molar-refractivity contribution >= 4 is 23.3 Å². The molecule has 12 heteroatoms. The van der Waals surface area contributed by atoms with E-state index in [0.29, 0.717) is 0 Å². The molecule has 0 saturated heterocycles. The average molecular weight is 337 g/mol. The number of alkyl halides is 6. The van der Waals surface area contributed by atoms with Gasteiger partial charge in [-0.25, -0.2) is 9.59 Å². The van der Waals surface area contributed by atoms with Gasteiger partial charge in [0.05, 0.1) is 0 Å². The lowest BCUT2D eigenvalue weighted by Crippen LogP contribution is -2.21. The molecule has 2 N–H and O–H groups in total. The van der Waals surface area contributed by atoms with E-state index in [-0.39, 0.29) is 0 Å². The molecule has 118 valence electrons. The maximum Gasteiger partial charge on any atom is 0.490 e. The van der Waals surface area contributed by atoms with Gasteiger partial charge in [-0.05, 0) is 11.4 Å². The van der Waals surface area contributed by atoms with Crippen molar-refractivity contribution in [1.82, 2.24) is 0 Å². The first-order valence-corrected chi connectivity index (χ1v) is 5.24. The van der Waals surface area contributed by atoms with Gasteiger partial charge in [-0.15, -0.1) is 11.3 Å². The molecule has 0 aliphatic rings. The Morgan fingerprint density at radius 3 is 1.48 bits per heavy atom. The van der Waals surface area contributed by atoms with Crippen LogP contribution in [0.1, 0.15) is 4.88 Å². The van der Waals surface area contributed by atoms with Crippen LogP contribution in [0.4, 0.5) is 26.3 Å². The number of halogens is 6. The third kappa shape index (κ3) is 12.5. The second-order valence-corrected chi connectivity index (χ2v) is 3.64. The third-order valence-corrected chi connectivity index (χ3v) is 1.89. The normalized spacial score (nSPS) is 10.1. The number of carbonyl (C=O) groups is 2. The lowest BCUT2D eigenvalue weighted by atomic mass is 10.5. The molecule has 0 aliphatic carbocycles. The molecular formula is C9H5F6NO4S. The summed E-state index contributed by atoms with van der Waals surface area (Å²) in [6, 6.07) is 5.69. The number of carboxylic acids is 2. The van der Waals surface area contributed by atoms with Gasteiger partial charge in [0.15, 0.2) is 0 Å². The molecule has 1 heterocycles. The van der Waals surface area contributed by atoms with Gasteiger partial charge in [-0.1, -0.05) is 6.07 Å². The number of nitrogens with zero attached hydrogens (tertiary/aromatic N) is 1. The highest BCUT2D eigenvalue weighted by atomic mass is 32.1. The summed E-state index contributed by atoms with van der Waals surface area (Å²) in [5.41, 5.74) is 0. The number of thiophene rings is 1. The summed E-state index contributed by atoms with van der Waals surface area (Å²) in [7, 11) is 0. The molecule has 0 unspecified atom stereocenters. The van der Waals surface area contributed by atoms with E-state index in [4.69, 9.17) is 25.1 Å². The number of carboxylic acid groups (broad SMARTS) is 2. The van der Waals surface area contributed by atoms with Gasteiger partial charge in [0.2, 0.25) is 0 Å². The summed E-state index contributed by atoms with van der Waals surface area (Å²) >= 11 is 1.46. The van der Waals surface area contributed by atoms with Crippen molar-refractivity contribution in [3.63, 3.8) is 0 Å². The monoisotopic (exact) mass is 337 g/mol. The highest BCUT2D eigenvalue weighted by Gasteiger charge is 2.38. The molecule has 1 rings (SSSR count). The molecule has 0 spiro atoms. The predicted octanol–water partition coefficient (Wildman–Crippen LogP) is 2.89. The van der Waals surface area contributed by atoms with Crippen LogP contribution in [0.3, 0.4) is 0 Å². The standard InChI is InChI=1S/C5H3NS.2C2HF3O2/c6-4-5-2-1-3-7-5;2*3-2(4,5)1(6)7/h1-3H;2*(H,6,7). The summed E-state index contributed by atoms with van der Waals surface area (Å²) < 4.78 is 63.5. The van der Waals surface area contributed by atoms with Gasteiger partial charge in [0.25, 0.3) is 0 Å². The first-order chi connectivity index (χ1) is 9.32. The summed E-state index contributed by atoms with van der Waals surface area (Å²) in [6.07, 6.45) is -10.2. The van der Waals surface area contributed by atoms with E-state index >= 15 is 0 Å². The second-order valence-electron chi connectivity index (χ2n) is 2.69. The Balaban J connectivity index is 0. The van der Waals surface area contributed by atoms with Crippen LogP contribution in [0.2, 0.25) is 0 Å². The third-order valence-electron chi connectivity index (χ3n) is 1.12. The van der Waals surface area contributed by atoms with Gasteiger partial charge in [-0.2, -0.15) is 31.6 Å². The Morgan fingerprint density at radius 1 is 1.05 bits per heavy atom. The number of nitriles is 1. The fourth-order valence-corrected chi connectivity index (χ4v) is 0.856. The zero-order valence-electron chi connectivity index (χ0n) is 9.57. The molecule has 5 nitrogen and oxygen atoms in total. The highest BCUT2D eigenvalue weighted by Crippen LogP contribution is 2.13. The predicted molar refractivity (Wildman–Crippen MR) is 56.4 cm³/mol. The Labute approximate surface area is 116 Å². The van der Waals surface area contributed by atoms with E-state index < -0.39 is 24.3 Å². The van der Waals surface area contributed by atoms with Gasteiger partial charge < -0.3 is 10.2 Å². The number of rotatable bonds is 0. The molecule has 0 aliphatic heterocycles. The second kappa shape index (κ2) is 8.80. The average Bonchev–Trinajstić information content (AvgIpc) is 2.80. The quantitative estimate of drug-likeness (QED) is 0.709. The van der Waals surface area contributed by atoms with Crippen LogP contribution in [0.5, 0.6) is 0 Å². The molecule has 0 fully saturated rings. The van der Waals surface area contributed by atoms with Crippen LogP contribution < -0.4 is 0 Å². The Hall–Kier alpha value is -2.29. The van der Waals surface area contributed by atoms with Gasteiger partial charge in [-0.3, -0.25) is 0 Å². The molecule has 1 aromatic rings. The molecule has 21 heavy (non-hydrogen) atoms. The van der Waals surface area contributed by atoms with Crippen LogP contribution in [0.15, 0.2) is 17.5 Å². The Morgan fingerprint density at radius 2 is 1.38 bits per heavy atom. The van der Waals surface area contributed by atoms with E-state index in [9.17, 15) is 26.3 Å². The van der Waals surface area contributed by atoms with Crippen LogP contribution in [0, 0.1) is 11.3 Å². The van der Waals surface area contributed by atoms with Crippen molar-refractivity contribution in [2.75, 3.05) is 0 Å². The van der Waals surface area contributed by atoms with E-state index in [1.807, 2.05) is 17.5 Å². The SMILES string of the molecule is N#Cc1cccs1.O=C(O)C(F)(F)F.O=C(O)C(F)(F)F. The Bertz CT molecular complexity index is 464. The van der Waals surface area contributed by atoms with Crippen molar-refractivity contribution < 1.29 is 46.1 Å². The number of hydrogen-bond acceptors (Lipinski definition) is 4. The van der Waals surface area contributed by atoms with Crippen molar-refractivity contribution in [3.8, 4) is 6.07 Å². The molecule has 0 bridgehead atoms. The van der Waals surface area contributed by atoms with Gasteiger partial charge in [0.1, 0.15) is 10.9 Å². The van der Waals surface area contributed by atoms with E-state index in [1.54, 1.807) is 6.07 Å². The molecular weight excluding hydrogens is 332 g/mol. The molecule has 0 amide bonds. The van der Waals surface area contributed by atoms with E-state index in [2.05, 4.69) is 0 Å². The summed E-state index contributed by atoms with van der Waals surface area (Å²) in [6.45, 7) is 0. The van der Waals surface area contributed by atoms with E-state index in [1.165, 1.54) is 11.3 Å². The minimum Gasteiger partial charge on any atom is -0.475 e. The minimum atomic E-state index is -5.08. The first-order valence-electron chi connectivity index (χ1n) is 4.36. The van der Waals surface area contributed by atoms with Crippen LogP contribution >= 0.6 is 11.3 Å². The zero-order valence-corrected chi connectivity index (χ0v) is 10.4. The maximum absolute atomic E-state index is 10.6. The largest absolute Gasteiger partial charge is 0.490 e. The number of hydrogen-bond donors (Lipinski definition) is 2. The lowest BCUT2D eigenvalue weighted by molar-refractivity contribution is -0.193. The van der Waals surface area contributed by atoms with Crippen molar-refractivity contribution in [3.05, 3.63) is 22.4 Å². The van der Waals surface area contributed by atoms with E-state index in [0.717, 1.165) is 4.88 Å². The zero-order chi connectivity index (χ0) is 17.3. The van der Waals surface area contributed by atoms with Crippen LogP contribution in [-0.2, 0) is 9.59 Å². The van der Waals surface area contributed by atoms with Crippen molar-refractivity contribution in [2.24, 2.45) is 0 Å². The summed E-state index contributed by atoms with van der Waals surface area (Å²) in [5.74, 6) is -5.51. The Kier molecular flexibility index (Phi) is 8.80. The van der Waals surface area contributed by atoms with Crippen LogP contribution in [-0.4, -0.2) is 34.5 Å². The summed E-state index contributed by atoms with van der Waals surface area (Å²) in [5, 5.41) is 24.3. The van der Waals surface area contributed by atoms with Crippen molar-refractivity contribution in [2.45, 2.75) is 12.4 Å². The fourth-order valence-electron chi connectivity index (χ4n) is 0.342. The molecule has 0 radical (unpaired) electrons. The van der Waals surface area contributed by atoms with Gasteiger partial charge in [0, 0.05) is 0 Å². The maximum atomic E-state index is 10.6. The molecule has 0 aromatic carbocycles. The summed E-state index contributed by atoms with van der Waals surface area (Å²) in [4.78, 5) is 18.6. The highest BCUT2D eigenvalue weighted by molar-refractivity contribution is 7.10. The minimum absolute atomic E-state index is 0.778. The van der Waals surface area contributed by atoms with Gasteiger partial charge >= 0.3 is 24.3 Å². The van der Waals surface area contributed by atoms with Crippen LogP contribution in [0.25, 0.3) is 0 Å². The molecule has 0 atom stereocenters. The fraction of sp³-hybridized carbons (Fsp3) is 0.222. The smallest absolute Gasteiger partial charge is 0.475 e. The number of aliphatic carboxylic acids is 2. The van der Waals surface area contributed by atoms with Crippen molar-refractivity contribution in [1.29, 1.82) is 5.26 Å². The lowest BCUT2D eigenvalue weighted by Gasteiger charge is -1.93. The molecule has 1 aromatic heterocycles. The topological polar surface area (TPSA) is 98.4 Å². The first kappa shape index (κ1) is 21.0.